The molecule has 84 valence electrons. The zero-order valence-electron chi connectivity index (χ0n) is 9.68. The van der Waals surface area contributed by atoms with Gasteiger partial charge in [-0.25, -0.2) is 0 Å². The predicted octanol–water partition coefficient (Wildman–Crippen LogP) is 1.64. The van der Waals surface area contributed by atoms with Crippen LogP contribution in [-0.4, -0.2) is 30.8 Å². The highest BCUT2D eigenvalue weighted by molar-refractivity contribution is 5.86. The number of rotatable bonds is 5. The summed E-state index contributed by atoms with van der Waals surface area (Å²) in [5, 5.41) is 8.54. The van der Waals surface area contributed by atoms with E-state index in [9.17, 15) is 4.79 Å². The molecule has 0 unspecified atom stereocenters. The number of hydrogen-bond donors (Lipinski definition) is 0. The Labute approximate surface area is 96.3 Å². The van der Waals surface area contributed by atoms with Crippen LogP contribution in [0.4, 0.5) is 0 Å². The lowest BCUT2D eigenvalue weighted by Gasteiger charge is -2.22. The quantitative estimate of drug-likeness (QED) is 0.751. The van der Waals surface area contributed by atoms with Crippen molar-refractivity contribution in [3.05, 3.63) is 35.9 Å². The Morgan fingerprint density at radius 2 is 2.00 bits per heavy atom. The minimum absolute atomic E-state index is 0.0173. The summed E-state index contributed by atoms with van der Waals surface area (Å²) in [6.45, 7) is 0. The van der Waals surface area contributed by atoms with Gasteiger partial charge in [0.25, 0.3) is 0 Å². The van der Waals surface area contributed by atoms with Crippen LogP contribution in [0.2, 0.25) is 0 Å². The number of carbonyl (C=O) groups excluding carboxylic acids is 1. The molecule has 16 heavy (non-hydrogen) atoms. The van der Waals surface area contributed by atoms with Crippen LogP contribution >= 0.6 is 0 Å². The second kappa shape index (κ2) is 6.04. The Kier molecular flexibility index (Phi) is 4.68. The highest BCUT2D eigenvalue weighted by Crippen LogP contribution is 2.08. The molecule has 0 saturated heterocycles. The Morgan fingerprint density at radius 3 is 2.50 bits per heavy atom. The second-order valence-electron chi connectivity index (χ2n) is 3.97. The zero-order valence-corrected chi connectivity index (χ0v) is 9.68. The number of hydrogen-bond acceptors (Lipinski definition) is 3. The van der Waals surface area contributed by atoms with Crippen LogP contribution in [0.15, 0.2) is 30.3 Å². The van der Waals surface area contributed by atoms with Gasteiger partial charge in [-0.3, -0.25) is 9.69 Å². The summed E-state index contributed by atoms with van der Waals surface area (Å²) < 4.78 is 0. The molecule has 1 atom stereocenters. The summed E-state index contributed by atoms with van der Waals surface area (Å²) in [7, 11) is 3.73. The van der Waals surface area contributed by atoms with Crippen molar-refractivity contribution < 1.29 is 4.79 Å². The van der Waals surface area contributed by atoms with Gasteiger partial charge < -0.3 is 0 Å². The minimum Gasteiger partial charge on any atom is -0.299 e. The molecular formula is C13H16N2O. The topological polar surface area (TPSA) is 44.1 Å². The van der Waals surface area contributed by atoms with Gasteiger partial charge in [0.2, 0.25) is 0 Å². The van der Waals surface area contributed by atoms with Crippen molar-refractivity contribution in [2.75, 3.05) is 14.1 Å². The molecule has 0 fully saturated rings. The van der Waals surface area contributed by atoms with Gasteiger partial charge in [0, 0.05) is 0 Å². The van der Waals surface area contributed by atoms with Gasteiger partial charge in [0.15, 0.2) is 5.78 Å². The molecule has 0 aliphatic rings. The molecule has 1 aromatic carbocycles. The van der Waals surface area contributed by atoms with Crippen LogP contribution < -0.4 is 0 Å². The van der Waals surface area contributed by atoms with E-state index in [0.717, 1.165) is 5.56 Å². The fourth-order valence-electron chi connectivity index (χ4n) is 1.62. The monoisotopic (exact) mass is 216 g/mol. The number of nitrogens with zero attached hydrogens (tertiary/aromatic N) is 2. The Balaban J connectivity index is 2.73. The number of nitriles is 1. The normalized spacial score (nSPS) is 12.1. The van der Waals surface area contributed by atoms with Gasteiger partial charge in [-0.15, -0.1) is 0 Å². The summed E-state index contributed by atoms with van der Waals surface area (Å²) in [6, 6.07) is 11.6. The number of carbonyl (C=O) groups is 1. The smallest absolute Gasteiger partial charge is 0.164 e. The van der Waals surface area contributed by atoms with E-state index in [2.05, 4.69) is 0 Å². The maximum absolute atomic E-state index is 11.7. The third-order valence-corrected chi connectivity index (χ3v) is 2.52. The fourth-order valence-corrected chi connectivity index (χ4v) is 1.62. The van der Waals surface area contributed by atoms with Crippen molar-refractivity contribution in [1.82, 2.24) is 4.90 Å². The molecule has 0 aliphatic carbocycles. The number of likely N-dealkylation sites (N-methyl/N-ethyl adjacent to an activating group) is 1. The number of ketones is 1. The maximum Gasteiger partial charge on any atom is 0.164 e. The van der Waals surface area contributed by atoms with E-state index < -0.39 is 0 Å². The largest absolute Gasteiger partial charge is 0.299 e. The molecule has 0 heterocycles. The van der Waals surface area contributed by atoms with E-state index in [0.29, 0.717) is 6.42 Å². The molecule has 0 saturated carbocycles. The molecule has 1 rings (SSSR count). The highest BCUT2D eigenvalue weighted by atomic mass is 16.1. The van der Waals surface area contributed by atoms with E-state index >= 15 is 0 Å². The molecule has 0 bridgehead atoms. The average molecular weight is 216 g/mol. The molecule has 3 heteroatoms. The van der Waals surface area contributed by atoms with E-state index in [-0.39, 0.29) is 18.2 Å². The van der Waals surface area contributed by atoms with Crippen LogP contribution in [0.25, 0.3) is 0 Å². The van der Waals surface area contributed by atoms with Gasteiger partial charge in [-0.1, -0.05) is 30.3 Å². The number of Topliss-reactive ketones (excluding diaryl/α,β-unsaturated/α-hetero) is 1. The first-order valence-electron chi connectivity index (χ1n) is 5.25. The van der Waals surface area contributed by atoms with E-state index in [4.69, 9.17) is 5.26 Å². The van der Waals surface area contributed by atoms with E-state index in [1.807, 2.05) is 55.4 Å². The van der Waals surface area contributed by atoms with Gasteiger partial charge in [-0.2, -0.15) is 5.26 Å². The summed E-state index contributed by atoms with van der Waals surface area (Å²) in [5.74, 6) is -0.0173. The van der Waals surface area contributed by atoms with Gasteiger partial charge in [0.05, 0.1) is 18.5 Å². The summed E-state index contributed by atoms with van der Waals surface area (Å²) >= 11 is 0. The molecule has 0 N–H and O–H groups in total. The van der Waals surface area contributed by atoms with Crippen LogP contribution in [0.3, 0.4) is 0 Å². The Hall–Kier alpha value is -1.66. The second-order valence-corrected chi connectivity index (χ2v) is 3.97. The average Bonchev–Trinajstić information content (AvgIpc) is 2.27. The van der Waals surface area contributed by atoms with E-state index in [1.54, 1.807) is 0 Å². The minimum atomic E-state index is -0.206. The lowest BCUT2D eigenvalue weighted by atomic mass is 10.0. The van der Waals surface area contributed by atoms with Crippen molar-refractivity contribution >= 4 is 5.78 Å². The summed E-state index contributed by atoms with van der Waals surface area (Å²) in [6.07, 6.45) is 0.643. The first-order chi connectivity index (χ1) is 7.65. The molecule has 0 radical (unpaired) electrons. The van der Waals surface area contributed by atoms with Crippen LogP contribution in [0.1, 0.15) is 12.0 Å². The molecule has 0 aliphatic heterocycles. The van der Waals surface area contributed by atoms with Gasteiger partial charge in [0.1, 0.15) is 0 Å². The summed E-state index contributed by atoms with van der Waals surface area (Å²) in [4.78, 5) is 13.6. The van der Waals surface area contributed by atoms with Crippen molar-refractivity contribution in [1.29, 1.82) is 5.26 Å². The van der Waals surface area contributed by atoms with Crippen molar-refractivity contribution in [3.8, 4) is 6.07 Å². The molecule has 3 nitrogen and oxygen atoms in total. The van der Waals surface area contributed by atoms with Crippen LogP contribution in [0.5, 0.6) is 0 Å². The molecule has 0 aromatic heterocycles. The van der Waals surface area contributed by atoms with Gasteiger partial charge >= 0.3 is 0 Å². The van der Waals surface area contributed by atoms with Crippen LogP contribution in [-0.2, 0) is 11.2 Å². The first-order valence-corrected chi connectivity index (χ1v) is 5.25. The Bertz CT molecular complexity index is 379. The third kappa shape index (κ3) is 3.48. The standard InChI is InChI=1S/C13H16N2O/c1-15(2)12(13(16)8-9-14)10-11-6-4-3-5-7-11/h3-7,12H,8,10H2,1-2H3/t12-/m0/s1. The lowest BCUT2D eigenvalue weighted by Crippen LogP contribution is -2.37. The first kappa shape index (κ1) is 12.4. The lowest BCUT2D eigenvalue weighted by molar-refractivity contribution is -0.122. The van der Waals surface area contributed by atoms with Crippen molar-refractivity contribution in [2.24, 2.45) is 0 Å². The maximum atomic E-state index is 11.7. The van der Waals surface area contributed by atoms with Gasteiger partial charge in [-0.05, 0) is 26.1 Å². The SMILES string of the molecule is CN(C)[C@@H](Cc1ccccc1)C(=O)CC#N. The summed E-state index contributed by atoms with van der Waals surface area (Å²) in [5.41, 5.74) is 1.12. The van der Waals surface area contributed by atoms with Crippen molar-refractivity contribution in [2.45, 2.75) is 18.9 Å². The third-order valence-electron chi connectivity index (χ3n) is 2.52. The van der Waals surface area contributed by atoms with Crippen molar-refractivity contribution in [3.63, 3.8) is 0 Å². The Morgan fingerprint density at radius 1 is 1.38 bits per heavy atom. The number of benzene rings is 1. The molecule has 0 amide bonds. The fraction of sp³-hybridized carbons (Fsp3) is 0.385. The highest BCUT2D eigenvalue weighted by Gasteiger charge is 2.20. The molecule has 1 aromatic rings. The molecular weight excluding hydrogens is 200 g/mol. The van der Waals surface area contributed by atoms with E-state index in [1.165, 1.54) is 0 Å². The zero-order chi connectivity index (χ0) is 12.0. The predicted molar refractivity (Wildman–Crippen MR) is 62.9 cm³/mol. The van der Waals surface area contributed by atoms with Crippen LogP contribution in [0, 0.1) is 11.3 Å². The molecule has 0 spiro atoms.